The number of hydrogen-bond donors (Lipinski definition) is 1. The molecule has 10 heteroatoms. The average molecular weight is 628 g/mol. The average Bonchev–Trinajstić information content (AvgIpc) is 3.22. The Hall–Kier alpha value is -4.05. The molecule has 0 saturated carbocycles. The molecule has 0 unspecified atom stereocenters. The number of anilines is 4. The Kier molecular flexibility index (Phi) is 9.59. The van der Waals surface area contributed by atoms with Crippen molar-refractivity contribution in [2.24, 2.45) is 0 Å². The molecule has 234 valence electrons. The van der Waals surface area contributed by atoms with Gasteiger partial charge in [0.25, 0.3) is 5.91 Å². The Morgan fingerprint density at radius 1 is 0.956 bits per heavy atom. The molecular weight excluding hydrogens is 589 g/mol. The van der Waals surface area contributed by atoms with E-state index in [4.69, 9.17) is 16.6 Å². The van der Waals surface area contributed by atoms with Gasteiger partial charge in [0.15, 0.2) is 0 Å². The normalized spacial score (nSPS) is 15.0. The third kappa shape index (κ3) is 6.96. The highest BCUT2D eigenvalue weighted by atomic mass is 35.5. The molecule has 1 amide bonds. The van der Waals surface area contributed by atoms with Crippen molar-refractivity contribution in [2.75, 3.05) is 69.1 Å². The fourth-order valence-corrected chi connectivity index (χ4v) is 6.26. The van der Waals surface area contributed by atoms with E-state index in [1.807, 2.05) is 64.5 Å². The maximum absolute atomic E-state index is 14.9. The van der Waals surface area contributed by atoms with Crippen LogP contribution >= 0.6 is 11.6 Å². The number of para-hydroxylation sites is 1. The first-order valence-electron chi connectivity index (χ1n) is 15.7. The lowest BCUT2D eigenvalue weighted by molar-refractivity contribution is 0.0625. The quantitative estimate of drug-likeness (QED) is 0.228. The molecule has 1 saturated heterocycles. The molecule has 6 rings (SSSR count). The van der Waals surface area contributed by atoms with Gasteiger partial charge in [-0.25, -0.2) is 14.4 Å². The molecule has 0 spiro atoms. The summed E-state index contributed by atoms with van der Waals surface area (Å²) in [5, 5.41) is 3.86. The molecular formula is C35H39ClFN7O. The third-order valence-corrected chi connectivity index (χ3v) is 9.03. The zero-order valence-corrected chi connectivity index (χ0v) is 26.6. The van der Waals surface area contributed by atoms with Gasteiger partial charge in [0.05, 0.1) is 17.1 Å². The number of nitrogens with one attached hydrogen (secondary N) is 1. The maximum Gasteiger partial charge on any atom is 0.253 e. The number of carbonyl (C=O) groups is 1. The van der Waals surface area contributed by atoms with Crippen LogP contribution in [0.1, 0.15) is 29.8 Å². The summed E-state index contributed by atoms with van der Waals surface area (Å²) in [6.45, 7) is 12.5. The van der Waals surface area contributed by atoms with E-state index in [1.54, 1.807) is 12.1 Å². The van der Waals surface area contributed by atoms with Gasteiger partial charge >= 0.3 is 0 Å². The van der Waals surface area contributed by atoms with E-state index in [0.717, 1.165) is 80.6 Å². The molecule has 3 heterocycles. The molecule has 0 bridgehead atoms. The molecule has 3 aromatic carbocycles. The number of rotatable bonds is 9. The van der Waals surface area contributed by atoms with Crippen LogP contribution in [-0.4, -0.2) is 89.5 Å². The molecule has 2 aliphatic heterocycles. The highest BCUT2D eigenvalue weighted by Gasteiger charge is 2.25. The summed E-state index contributed by atoms with van der Waals surface area (Å²) in [7, 11) is 0. The van der Waals surface area contributed by atoms with E-state index < -0.39 is 0 Å². The summed E-state index contributed by atoms with van der Waals surface area (Å²) >= 11 is 6.42. The zero-order chi connectivity index (χ0) is 31.3. The summed E-state index contributed by atoms with van der Waals surface area (Å²) in [4.78, 5) is 31.5. The minimum Gasteiger partial charge on any atom is -0.338 e. The number of fused-ring (bicyclic) bond motifs is 3. The summed E-state index contributed by atoms with van der Waals surface area (Å²) in [6.07, 6.45) is 2.46. The standard InChI is InChI=1S/C35H39ClFN7O/c1-3-41(4-2)17-18-42-19-21-43(22-20-42)34(45)25-9-12-28(13-10-25)39-35-38-24-26-15-16-44(31-8-6-5-7-30(31)37)32-23-27(36)11-14-29(32)33(26)40-35/h5-14,23-24H,3-4,15-22H2,1-2H3,(H,38,39,40). The fourth-order valence-electron chi connectivity index (χ4n) is 6.09. The summed E-state index contributed by atoms with van der Waals surface area (Å²) in [5.41, 5.74) is 5.34. The maximum atomic E-state index is 14.9. The van der Waals surface area contributed by atoms with Crippen molar-refractivity contribution in [2.45, 2.75) is 20.3 Å². The van der Waals surface area contributed by atoms with E-state index in [2.05, 4.69) is 33.9 Å². The summed E-state index contributed by atoms with van der Waals surface area (Å²) in [5.74, 6) is 0.202. The van der Waals surface area contributed by atoms with Crippen molar-refractivity contribution in [3.63, 3.8) is 0 Å². The van der Waals surface area contributed by atoms with Crippen LogP contribution in [0.5, 0.6) is 0 Å². The number of carbonyl (C=O) groups excluding carboxylic acids is 1. The number of amides is 1. The van der Waals surface area contributed by atoms with Crippen molar-refractivity contribution in [1.29, 1.82) is 0 Å². The molecule has 1 aromatic heterocycles. The van der Waals surface area contributed by atoms with Gasteiger partial charge in [-0.05, 0) is 79.7 Å². The van der Waals surface area contributed by atoms with Gasteiger partial charge in [-0.1, -0.05) is 37.6 Å². The smallest absolute Gasteiger partial charge is 0.253 e. The zero-order valence-electron chi connectivity index (χ0n) is 25.8. The molecule has 4 aromatic rings. The van der Waals surface area contributed by atoms with E-state index in [1.165, 1.54) is 6.07 Å². The molecule has 1 N–H and O–H groups in total. The van der Waals surface area contributed by atoms with E-state index in [0.29, 0.717) is 35.2 Å². The van der Waals surface area contributed by atoms with Crippen LogP contribution in [0, 0.1) is 5.82 Å². The molecule has 8 nitrogen and oxygen atoms in total. The lowest BCUT2D eigenvalue weighted by atomic mass is 10.0. The SMILES string of the molecule is CCN(CC)CCN1CCN(C(=O)c2ccc(Nc3ncc4c(n3)-c3ccc(Cl)cc3N(c3ccccc3F)CC4)cc2)CC1. The van der Waals surface area contributed by atoms with Gasteiger partial charge in [-0.2, -0.15) is 0 Å². The van der Waals surface area contributed by atoms with Crippen LogP contribution < -0.4 is 10.2 Å². The lowest BCUT2D eigenvalue weighted by Gasteiger charge is -2.35. The number of halogens is 2. The number of benzene rings is 3. The van der Waals surface area contributed by atoms with Crippen molar-refractivity contribution < 1.29 is 9.18 Å². The predicted molar refractivity (Wildman–Crippen MR) is 179 cm³/mol. The van der Waals surface area contributed by atoms with Crippen LogP contribution in [0.25, 0.3) is 11.3 Å². The molecule has 0 radical (unpaired) electrons. The van der Waals surface area contributed by atoms with Crippen molar-refractivity contribution in [3.05, 3.63) is 94.9 Å². The largest absolute Gasteiger partial charge is 0.338 e. The van der Waals surface area contributed by atoms with E-state index in [-0.39, 0.29) is 11.7 Å². The first-order valence-corrected chi connectivity index (χ1v) is 16.1. The van der Waals surface area contributed by atoms with Crippen LogP contribution in [0.2, 0.25) is 5.02 Å². The Balaban J connectivity index is 1.14. The fraction of sp³-hybridized carbons (Fsp3) is 0.343. The van der Waals surface area contributed by atoms with Crippen LogP contribution in [-0.2, 0) is 6.42 Å². The summed E-state index contributed by atoms with van der Waals surface area (Å²) < 4.78 is 14.9. The number of hydrogen-bond acceptors (Lipinski definition) is 7. The molecule has 0 aliphatic carbocycles. The second-order valence-corrected chi connectivity index (χ2v) is 11.9. The lowest BCUT2D eigenvalue weighted by Crippen LogP contribution is -2.50. The minimum atomic E-state index is -0.294. The van der Waals surface area contributed by atoms with Crippen molar-refractivity contribution in [1.82, 2.24) is 24.7 Å². The summed E-state index contributed by atoms with van der Waals surface area (Å²) in [6, 6.07) is 19.8. The van der Waals surface area contributed by atoms with Gasteiger partial charge in [0.2, 0.25) is 5.95 Å². The van der Waals surface area contributed by atoms with Gasteiger partial charge in [-0.15, -0.1) is 0 Å². The van der Waals surface area contributed by atoms with Crippen LogP contribution in [0.3, 0.4) is 0 Å². The molecule has 1 fully saturated rings. The Morgan fingerprint density at radius 3 is 2.44 bits per heavy atom. The third-order valence-electron chi connectivity index (χ3n) is 8.79. The van der Waals surface area contributed by atoms with Crippen LogP contribution in [0.15, 0.2) is 72.9 Å². The van der Waals surface area contributed by atoms with Crippen LogP contribution in [0.4, 0.5) is 27.4 Å². The topological polar surface area (TPSA) is 67.8 Å². The van der Waals surface area contributed by atoms with Crippen molar-refractivity contribution >= 4 is 40.5 Å². The van der Waals surface area contributed by atoms with E-state index in [9.17, 15) is 9.18 Å². The molecule has 2 aliphatic rings. The first kappa shape index (κ1) is 31.0. The van der Waals surface area contributed by atoms with E-state index >= 15 is 0 Å². The van der Waals surface area contributed by atoms with Gasteiger partial charge < -0.3 is 20.0 Å². The number of likely N-dealkylation sites (N-methyl/N-ethyl adjacent to an activating group) is 1. The Bertz CT molecular complexity index is 1640. The minimum absolute atomic E-state index is 0.0564. The number of aromatic nitrogens is 2. The highest BCUT2D eigenvalue weighted by Crippen LogP contribution is 2.41. The highest BCUT2D eigenvalue weighted by molar-refractivity contribution is 6.31. The number of piperazine rings is 1. The molecule has 45 heavy (non-hydrogen) atoms. The van der Waals surface area contributed by atoms with Crippen molar-refractivity contribution in [3.8, 4) is 11.3 Å². The first-order chi connectivity index (χ1) is 21.9. The predicted octanol–water partition coefficient (Wildman–Crippen LogP) is 6.47. The Morgan fingerprint density at radius 2 is 1.71 bits per heavy atom. The monoisotopic (exact) mass is 627 g/mol. The number of nitrogens with zero attached hydrogens (tertiary/aromatic N) is 6. The second-order valence-electron chi connectivity index (χ2n) is 11.4. The Labute approximate surface area is 269 Å². The second kappa shape index (κ2) is 13.9. The molecule has 0 atom stereocenters. The van der Waals surface area contributed by atoms with Gasteiger partial charge in [0.1, 0.15) is 5.82 Å². The van der Waals surface area contributed by atoms with Gasteiger partial charge in [-0.3, -0.25) is 9.69 Å². The van der Waals surface area contributed by atoms with Gasteiger partial charge in [0, 0.05) is 73.8 Å².